The van der Waals surface area contributed by atoms with Crippen molar-refractivity contribution in [3.05, 3.63) is 65.0 Å². The van der Waals surface area contributed by atoms with Gasteiger partial charge in [0.1, 0.15) is 10.3 Å². The summed E-state index contributed by atoms with van der Waals surface area (Å²) in [7, 11) is -3.77. The van der Waals surface area contributed by atoms with Gasteiger partial charge in [0.15, 0.2) is 5.13 Å². The first-order valence-corrected chi connectivity index (χ1v) is 10.6. The average molecular weight is 394 g/mol. The van der Waals surface area contributed by atoms with Gasteiger partial charge >= 0.3 is 0 Å². The van der Waals surface area contributed by atoms with Crippen LogP contribution in [-0.2, 0) is 21.2 Å². The fourth-order valence-electron chi connectivity index (χ4n) is 2.18. The van der Waals surface area contributed by atoms with Gasteiger partial charge in [0, 0.05) is 11.6 Å². The van der Waals surface area contributed by atoms with Crippen molar-refractivity contribution in [2.24, 2.45) is 0 Å². The zero-order valence-corrected chi connectivity index (χ0v) is 15.4. The van der Waals surface area contributed by atoms with Gasteiger partial charge in [-0.1, -0.05) is 36.4 Å². The number of carbonyl (C=O) groups excluding carboxylic acids is 1. The molecular formula is C16H15N3O3S3. The van der Waals surface area contributed by atoms with Crippen molar-refractivity contribution in [3.8, 4) is 0 Å². The van der Waals surface area contributed by atoms with Gasteiger partial charge in [-0.25, -0.2) is 13.4 Å². The molecule has 0 aliphatic rings. The molecule has 0 aliphatic carbocycles. The standard InChI is InChI=1S/C16H15N3O3S3/c20-15(18-16-17-8-10-24-16)13(11-12-5-2-1-3-6-12)19-25(21,22)14-7-4-9-23-14/h1-10,13,19H,11H2,(H,17,18,20)/t13-/m0/s1. The smallest absolute Gasteiger partial charge is 0.250 e. The maximum Gasteiger partial charge on any atom is 0.250 e. The van der Waals surface area contributed by atoms with Crippen molar-refractivity contribution in [1.29, 1.82) is 0 Å². The molecule has 0 spiro atoms. The number of hydrogen-bond donors (Lipinski definition) is 2. The summed E-state index contributed by atoms with van der Waals surface area (Å²) < 4.78 is 27.7. The largest absolute Gasteiger partial charge is 0.301 e. The first-order chi connectivity index (χ1) is 12.0. The minimum Gasteiger partial charge on any atom is -0.301 e. The number of amides is 1. The van der Waals surface area contributed by atoms with Gasteiger partial charge in [-0.2, -0.15) is 4.72 Å². The molecule has 3 rings (SSSR count). The van der Waals surface area contributed by atoms with Crippen molar-refractivity contribution in [2.75, 3.05) is 5.32 Å². The highest BCUT2D eigenvalue weighted by molar-refractivity contribution is 7.91. The lowest BCUT2D eigenvalue weighted by atomic mass is 10.1. The van der Waals surface area contributed by atoms with Crippen LogP contribution in [-0.4, -0.2) is 25.4 Å². The van der Waals surface area contributed by atoms with Gasteiger partial charge in [-0.15, -0.1) is 22.7 Å². The van der Waals surface area contributed by atoms with Crippen LogP contribution in [0.1, 0.15) is 5.56 Å². The van der Waals surface area contributed by atoms with Crippen molar-refractivity contribution in [2.45, 2.75) is 16.7 Å². The molecule has 1 amide bonds. The number of nitrogens with zero attached hydrogens (tertiary/aromatic N) is 1. The van der Waals surface area contributed by atoms with E-state index in [-0.39, 0.29) is 10.6 Å². The second-order valence-corrected chi connectivity index (χ2v) is 8.91. The monoisotopic (exact) mass is 393 g/mol. The molecular weight excluding hydrogens is 378 g/mol. The third kappa shape index (κ3) is 4.73. The first kappa shape index (κ1) is 17.7. The molecule has 3 aromatic rings. The fraction of sp³-hybridized carbons (Fsp3) is 0.125. The van der Waals surface area contributed by atoms with E-state index in [4.69, 9.17) is 0 Å². The molecule has 2 N–H and O–H groups in total. The second kappa shape index (κ2) is 7.87. The summed E-state index contributed by atoms with van der Waals surface area (Å²) in [6, 6.07) is 11.5. The van der Waals surface area contributed by atoms with E-state index in [1.165, 1.54) is 17.4 Å². The number of nitrogens with one attached hydrogen (secondary N) is 2. The molecule has 0 unspecified atom stereocenters. The number of thiophene rings is 1. The summed E-state index contributed by atoms with van der Waals surface area (Å²) in [6.45, 7) is 0. The summed E-state index contributed by atoms with van der Waals surface area (Å²) >= 11 is 2.38. The molecule has 1 aromatic carbocycles. The Morgan fingerprint density at radius 2 is 1.88 bits per heavy atom. The normalized spacial score (nSPS) is 12.6. The minimum absolute atomic E-state index is 0.174. The number of sulfonamides is 1. The fourth-order valence-corrected chi connectivity index (χ4v) is 4.91. The molecule has 25 heavy (non-hydrogen) atoms. The zero-order chi connectivity index (χ0) is 17.7. The number of carbonyl (C=O) groups is 1. The lowest BCUT2D eigenvalue weighted by Crippen LogP contribution is -2.45. The van der Waals surface area contributed by atoms with Gasteiger partial charge in [0.25, 0.3) is 10.0 Å². The van der Waals surface area contributed by atoms with Crippen molar-refractivity contribution >= 4 is 43.7 Å². The van der Waals surface area contributed by atoms with E-state index in [0.717, 1.165) is 16.9 Å². The zero-order valence-electron chi connectivity index (χ0n) is 13.0. The molecule has 1 atom stereocenters. The number of hydrogen-bond acceptors (Lipinski definition) is 6. The minimum atomic E-state index is -3.77. The number of anilines is 1. The van der Waals surface area contributed by atoms with Gasteiger partial charge in [-0.3, -0.25) is 4.79 Å². The Balaban J connectivity index is 1.82. The molecule has 0 saturated carbocycles. The Bertz CT molecular complexity index is 908. The highest BCUT2D eigenvalue weighted by Crippen LogP contribution is 2.18. The van der Waals surface area contributed by atoms with E-state index in [0.29, 0.717) is 5.13 Å². The lowest BCUT2D eigenvalue weighted by Gasteiger charge is -2.17. The van der Waals surface area contributed by atoms with Crippen LogP contribution in [0.25, 0.3) is 0 Å². The van der Waals surface area contributed by atoms with Crippen LogP contribution in [0.5, 0.6) is 0 Å². The summed E-state index contributed by atoms with van der Waals surface area (Å²) in [5.41, 5.74) is 0.857. The molecule has 2 aromatic heterocycles. The molecule has 9 heteroatoms. The SMILES string of the molecule is O=C(Nc1nccs1)[C@H](Cc1ccccc1)NS(=O)(=O)c1cccs1. The Morgan fingerprint density at radius 3 is 2.52 bits per heavy atom. The van der Waals surface area contributed by atoms with E-state index in [1.54, 1.807) is 23.0 Å². The van der Waals surface area contributed by atoms with Crippen LogP contribution in [0.3, 0.4) is 0 Å². The number of thiazole rings is 1. The third-order valence-corrected chi connectivity index (χ3v) is 6.88. The highest BCUT2D eigenvalue weighted by Gasteiger charge is 2.27. The maximum atomic E-state index is 12.6. The lowest BCUT2D eigenvalue weighted by molar-refractivity contribution is -0.117. The third-order valence-electron chi connectivity index (χ3n) is 3.32. The molecule has 6 nitrogen and oxygen atoms in total. The van der Waals surface area contributed by atoms with Crippen LogP contribution in [0.2, 0.25) is 0 Å². The van der Waals surface area contributed by atoms with Crippen LogP contribution in [0.15, 0.2) is 63.6 Å². The van der Waals surface area contributed by atoms with Crippen molar-refractivity contribution < 1.29 is 13.2 Å². The quantitative estimate of drug-likeness (QED) is 0.646. The molecule has 0 saturated heterocycles. The van der Waals surface area contributed by atoms with E-state index >= 15 is 0 Å². The highest BCUT2D eigenvalue weighted by atomic mass is 32.2. The summed E-state index contributed by atoms with van der Waals surface area (Å²) in [5.74, 6) is -0.445. The van der Waals surface area contributed by atoms with Crippen LogP contribution in [0, 0.1) is 0 Å². The molecule has 0 radical (unpaired) electrons. The predicted molar refractivity (Wildman–Crippen MR) is 99.3 cm³/mol. The molecule has 0 fully saturated rings. The molecule has 0 aliphatic heterocycles. The van der Waals surface area contributed by atoms with Crippen molar-refractivity contribution in [1.82, 2.24) is 9.71 Å². The van der Waals surface area contributed by atoms with Crippen molar-refractivity contribution in [3.63, 3.8) is 0 Å². The van der Waals surface area contributed by atoms with E-state index in [2.05, 4.69) is 15.0 Å². The number of rotatable bonds is 7. The summed E-state index contributed by atoms with van der Waals surface area (Å²) in [5, 5.41) is 6.49. The topological polar surface area (TPSA) is 88.2 Å². The Morgan fingerprint density at radius 1 is 1.08 bits per heavy atom. The van der Waals surface area contributed by atoms with Gasteiger partial charge in [-0.05, 0) is 23.4 Å². The summed E-state index contributed by atoms with van der Waals surface area (Å²) in [4.78, 5) is 16.6. The maximum absolute atomic E-state index is 12.6. The molecule has 0 bridgehead atoms. The van der Waals surface area contributed by atoms with Crippen LogP contribution in [0.4, 0.5) is 5.13 Å². The van der Waals surface area contributed by atoms with Gasteiger partial charge < -0.3 is 5.32 Å². The predicted octanol–water partition coefficient (Wildman–Crippen LogP) is 2.73. The molecule has 2 heterocycles. The Hall–Kier alpha value is -2.07. The van der Waals surface area contributed by atoms with Gasteiger partial charge in [0.2, 0.25) is 5.91 Å². The van der Waals surface area contributed by atoms with Crippen LogP contribution >= 0.6 is 22.7 Å². The Labute approximate surface area is 153 Å². The van der Waals surface area contributed by atoms with E-state index in [1.807, 2.05) is 30.3 Å². The van der Waals surface area contributed by atoms with E-state index in [9.17, 15) is 13.2 Å². The number of benzene rings is 1. The second-order valence-electron chi connectivity index (χ2n) is 5.12. The average Bonchev–Trinajstić information content (AvgIpc) is 3.29. The number of aromatic nitrogens is 1. The van der Waals surface area contributed by atoms with Crippen LogP contribution < -0.4 is 10.0 Å². The van der Waals surface area contributed by atoms with E-state index < -0.39 is 22.0 Å². The first-order valence-electron chi connectivity index (χ1n) is 7.35. The summed E-state index contributed by atoms with van der Waals surface area (Å²) in [6.07, 6.45) is 1.81. The van der Waals surface area contributed by atoms with Gasteiger partial charge in [0.05, 0.1) is 0 Å². The molecule has 130 valence electrons. The Kier molecular flexibility index (Phi) is 5.59.